The molecule has 0 bridgehead atoms. The van der Waals surface area contributed by atoms with E-state index in [0.717, 1.165) is 17.4 Å². The van der Waals surface area contributed by atoms with E-state index in [9.17, 15) is 4.79 Å². The lowest BCUT2D eigenvalue weighted by Gasteiger charge is -2.13. The first kappa shape index (κ1) is 16.4. The van der Waals surface area contributed by atoms with Crippen LogP contribution >= 0.6 is 11.8 Å². The first-order valence-corrected chi connectivity index (χ1v) is 8.86. The molecule has 1 aromatic rings. The molecule has 4 heteroatoms. The lowest BCUT2D eigenvalue weighted by Crippen LogP contribution is -2.21. The van der Waals surface area contributed by atoms with Crippen molar-refractivity contribution in [2.24, 2.45) is 11.7 Å². The van der Waals surface area contributed by atoms with Crippen molar-refractivity contribution in [1.29, 1.82) is 0 Å². The Morgan fingerprint density at radius 2 is 2.00 bits per heavy atom. The Bertz CT molecular complexity index is 437. The first-order valence-electron chi connectivity index (χ1n) is 7.98. The number of rotatable bonds is 7. The molecule has 0 saturated heterocycles. The number of nitrogens with two attached hydrogens (primary N) is 1. The third-order valence-electron chi connectivity index (χ3n) is 4.13. The number of amides is 1. The van der Waals surface area contributed by atoms with Crippen LogP contribution in [0, 0.1) is 5.92 Å². The molecule has 0 aliphatic heterocycles. The summed E-state index contributed by atoms with van der Waals surface area (Å²) < 4.78 is 0. The summed E-state index contributed by atoms with van der Waals surface area (Å²) >= 11 is 1.97. The van der Waals surface area contributed by atoms with Gasteiger partial charge < -0.3 is 11.1 Å². The molecule has 0 heterocycles. The van der Waals surface area contributed by atoms with Gasteiger partial charge in [0.15, 0.2) is 0 Å². The van der Waals surface area contributed by atoms with Gasteiger partial charge >= 0.3 is 0 Å². The molecule has 1 saturated carbocycles. The third-order valence-corrected chi connectivity index (χ3v) is 5.48. The van der Waals surface area contributed by atoms with Crippen LogP contribution in [0.5, 0.6) is 0 Å². The van der Waals surface area contributed by atoms with E-state index in [-0.39, 0.29) is 11.8 Å². The van der Waals surface area contributed by atoms with E-state index in [1.165, 1.54) is 30.6 Å². The molecule has 0 aromatic heterocycles. The number of hydrogen-bond acceptors (Lipinski definition) is 3. The smallest absolute Gasteiger partial charge is 0.224 e. The number of carbonyl (C=O) groups excluding carboxylic acids is 1. The van der Waals surface area contributed by atoms with Crippen molar-refractivity contribution >= 4 is 23.4 Å². The predicted octanol–water partition coefficient (Wildman–Crippen LogP) is 4.03. The maximum atomic E-state index is 11.9. The molecule has 1 aliphatic rings. The zero-order valence-corrected chi connectivity index (χ0v) is 13.6. The Labute approximate surface area is 132 Å². The fourth-order valence-electron chi connectivity index (χ4n) is 2.68. The van der Waals surface area contributed by atoms with Crippen LogP contribution in [0.4, 0.5) is 5.69 Å². The molecule has 3 nitrogen and oxygen atoms in total. The highest BCUT2D eigenvalue weighted by Gasteiger charge is 2.16. The standard InChI is InChI=1S/C17H26N2OS/c1-2-13(12-18)11-17(20)19-14-7-9-16(10-8-14)21-15-5-3-4-6-15/h7-10,13,15H,2-6,11-12,18H2,1H3,(H,19,20). The summed E-state index contributed by atoms with van der Waals surface area (Å²) in [6.45, 7) is 2.64. The van der Waals surface area contributed by atoms with Crippen molar-refractivity contribution in [3.8, 4) is 0 Å². The van der Waals surface area contributed by atoms with Crippen molar-refractivity contribution in [3.05, 3.63) is 24.3 Å². The molecule has 1 unspecified atom stereocenters. The highest BCUT2D eigenvalue weighted by molar-refractivity contribution is 8.00. The van der Waals surface area contributed by atoms with Gasteiger partial charge in [0.2, 0.25) is 5.91 Å². The minimum atomic E-state index is 0.0588. The van der Waals surface area contributed by atoms with E-state index < -0.39 is 0 Å². The van der Waals surface area contributed by atoms with Gasteiger partial charge in [-0.15, -0.1) is 11.8 Å². The quantitative estimate of drug-likeness (QED) is 0.799. The van der Waals surface area contributed by atoms with Crippen LogP contribution in [0.15, 0.2) is 29.2 Å². The molecule has 0 radical (unpaired) electrons. The molecule has 1 aliphatic carbocycles. The van der Waals surface area contributed by atoms with Gasteiger partial charge in [0.05, 0.1) is 0 Å². The SMILES string of the molecule is CCC(CN)CC(=O)Nc1ccc(SC2CCCC2)cc1. The van der Waals surface area contributed by atoms with Crippen LogP contribution in [-0.4, -0.2) is 17.7 Å². The Morgan fingerprint density at radius 3 is 2.57 bits per heavy atom. The molecule has 1 aromatic carbocycles. The Balaban J connectivity index is 1.82. The van der Waals surface area contributed by atoms with Gasteiger partial charge in [0.25, 0.3) is 0 Å². The van der Waals surface area contributed by atoms with Crippen LogP contribution in [0.1, 0.15) is 45.4 Å². The molecule has 2 rings (SSSR count). The van der Waals surface area contributed by atoms with E-state index in [1.807, 2.05) is 23.9 Å². The molecule has 116 valence electrons. The van der Waals surface area contributed by atoms with Gasteiger partial charge in [-0.25, -0.2) is 0 Å². The molecule has 1 amide bonds. The van der Waals surface area contributed by atoms with Gasteiger partial charge in [0.1, 0.15) is 0 Å². The summed E-state index contributed by atoms with van der Waals surface area (Å²) in [7, 11) is 0. The van der Waals surface area contributed by atoms with Gasteiger partial charge in [0, 0.05) is 22.3 Å². The van der Waals surface area contributed by atoms with Crippen molar-refractivity contribution in [1.82, 2.24) is 0 Å². The van der Waals surface area contributed by atoms with Crippen molar-refractivity contribution in [3.63, 3.8) is 0 Å². The number of benzene rings is 1. The number of thioether (sulfide) groups is 1. The number of hydrogen-bond donors (Lipinski definition) is 2. The van der Waals surface area contributed by atoms with Gasteiger partial charge in [-0.2, -0.15) is 0 Å². The largest absolute Gasteiger partial charge is 0.330 e. The van der Waals surface area contributed by atoms with Crippen molar-refractivity contribution in [2.75, 3.05) is 11.9 Å². The summed E-state index contributed by atoms with van der Waals surface area (Å²) in [5, 5.41) is 3.74. The van der Waals surface area contributed by atoms with E-state index in [2.05, 4.69) is 24.4 Å². The second-order valence-electron chi connectivity index (χ2n) is 5.81. The number of carbonyl (C=O) groups is 1. The minimum Gasteiger partial charge on any atom is -0.330 e. The van der Waals surface area contributed by atoms with Gasteiger partial charge in [-0.05, 0) is 49.6 Å². The Kier molecular flexibility index (Phi) is 6.58. The molecular formula is C17H26N2OS. The molecule has 1 atom stereocenters. The molecule has 21 heavy (non-hydrogen) atoms. The monoisotopic (exact) mass is 306 g/mol. The second-order valence-corrected chi connectivity index (χ2v) is 7.18. The van der Waals surface area contributed by atoms with Crippen LogP contribution in [0.3, 0.4) is 0 Å². The average Bonchev–Trinajstić information content (AvgIpc) is 3.00. The second kappa shape index (κ2) is 8.44. The predicted molar refractivity (Wildman–Crippen MR) is 90.6 cm³/mol. The summed E-state index contributed by atoms with van der Waals surface area (Å²) in [6.07, 6.45) is 6.85. The Hall–Kier alpha value is -1.00. The molecular weight excluding hydrogens is 280 g/mol. The molecule has 0 spiro atoms. The Morgan fingerprint density at radius 1 is 1.33 bits per heavy atom. The van der Waals surface area contributed by atoms with Gasteiger partial charge in [-0.1, -0.05) is 26.2 Å². The van der Waals surface area contributed by atoms with Crippen molar-refractivity contribution < 1.29 is 4.79 Å². The zero-order valence-electron chi connectivity index (χ0n) is 12.8. The average molecular weight is 306 g/mol. The van der Waals surface area contributed by atoms with E-state index in [1.54, 1.807) is 0 Å². The van der Waals surface area contributed by atoms with Crippen LogP contribution in [0.25, 0.3) is 0 Å². The zero-order chi connectivity index (χ0) is 15.1. The molecule has 1 fully saturated rings. The summed E-state index contributed by atoms with van der Waals surface area (Å²) in [4.78, 5) is 13.2. The van der Waals surface area contributed by atoms with Crippen LogP contribution < -0.4 is 11.1 Å². The summed E-state index contributed by atoms with van der Waals surface area (Å²) in [5.74, 6) is 0.339. The van der Waals surface area contributed by atoms with E-state index in [0.29, 0.717) is 13.0 Å². The highest BCUT2D eigenvalue weighted by Crippen LogP contribution is 2.34. The number of anilines is 1. The highest BCUT2D eigenvalue weighted by atomic mass is 32.2. The topological polar surface area (TPSA) is 55.1 Å². The van der Waals surface area contributed by atoms with Crippen LogP contribution in [-0.2, 0) is 4.79 Å². The maximum Gasteiger partial charge on any atom is 0.224 e. The number of nitrogens with one attached hydrogen (secondary N) is 1. The van der Waals surface area contributed by atoms with E-state index >= 15 is 0 Å². The normalized spacial score (nSPS) is 16.9. The fraction of sp³-hybridized carbons (Fsp3) is 0.588. The maximum absolute atomic E-state index is 11.9. The lowest BCUT2D eigenvalue weighted by molar-refractivity contribution is -0.117. The van der Waals surface area contributed by atoms with E-state index in [4.69, 9.17) is 5.73 Å². The van der Waals surface area contributed by atoms with Gasteiger partial charge in [-0.3, -0.25) is 4.79 Å². The molecule has 3 N–H and O–H groups in total. The minimum absolute atomic E-state index is 0.0588. The third kappa shape index (κ3) is 5.36. The fourth-order valence-corrected chi connectivity index (χ4v) is 3.93. The first-order chi connectivity index (χ1) is 10.2. The summed E-state index contributed by atoms with van der Waals surface area (Å²) in [5.41, 5.74) is 6.52. The van der Waals surface area contributed by atoms with Crippen molar-refractivity contribution in [2.45, 2.75) is 55.6 Å². The van der Waals surface area contributed by atoms with Crippen LogP contribution in [0.2, 0.25) is 0 Å². The summed E-state index contributed by atoms with van der Waals surface area (Å²) in [6, 6.07) is 8.22. The lowest BCUT2D eigenvalue weighted by atomic mass is 10.0.